The van der Waals surface area contributed by atoms with Crippen LogP contribution in [-0.4, -0.2) is 25.8 Å². The van der Waals surface area contributed by atoms with E-state index in [9.17, 15) is 0 Å². The molecule has 1 saturated heterocycles. The Morgan fingerprint density at radius 2 is 2.00 bits per heavy atom. The molecule has 0 amide bonds. The van der Waals surface area contributed by atoms with Crippen molar-refractivity contribution in [2.75, 3.05) is 20.2 Å². The molecule has 54 valence electrons. The summed E-state index contributed by atoms with van der Waals surface area (Å²) in [6, 6.07) is 0. The maximum Gasteiger partial charge on any atom is 0.0948 e. The van der Waals surface area contributed by atoms with E-state index < -0.39 is 0 Å². The normalized spacial score (nSPS) is 24.0. The molecule has 0 aliphatic carbocycles. The van der Waals surface area contributed by atoms with E-state index in [1.165, 1.54) is 0 Å². The highest BCUT2D eigenvalue weighted by atomic mass is 16.5. The zero-order valence-corrected chi connectivity index (χ0v) is 6.40. The summed E-state index contributed by atoms with van der Waals surface area (Å²) in [6.07, 6.45) is 0. The Hall–Kier alpha value is -0.0800. The molecule has 0 aromatic heterocycles. The SMILES string of the molecule is COC1(C(C)C)CNC1. The lowest BCUT2D eigenvalue weighted by molar-refractivity contribution is -0.0850. The molecule has 0 aromatic carbocycles. The largest absolute Gasteiger partial charge is 0.375 e. The summed E-state index contributed by atoms with van der Waals surface area (Å²) < 4.78 is 5.37. The zero-order chi connectivity index (χ0) is 6.91. The van der Waals surface area contributed by atoms with Gasteiger partial charge in [0.05, 0.1) is 5.60 Å². The van der Waals surface area contributed by atoms with Crippen LogP contribution in [0.15, 0.2) is 0 Å². The first-order valence-electron chi connectivity index (χ1n) is 3.47. The average molecular weight is 129 g/mol. The third-order valence-electron chi connectivity index (χ3n) is 2.31. The molecule has 1 rings (SSSR count). The van der Waals surface area contributed by atoms with E-state index in [1.807, 2.05) is 0 Å². The second-order valence-electron chi connectivity index (χ2n) is 3.03. The van der Waals surface area contributed by atoms with Crippen molar-refractivity contribution in [3.8, 4) is 0 Å². The summed E-state index contributed by atoms with van der Waals surface area (Å²) in [5, 5.41) is 3.21. The minimum atomic E-state index is 0.153. The van der Waals surface area contributed by atoms with Crippen molar-refractivity contribution in [3.05, 3.63) is 0 Å². The van der Waals surface area contributed by atoms with Gasteiger partial charge < -0.3 is 10.1 Å². The first-order chi connectivity index (χ1) is 4.21. The van der Waals surface area contributed by atoms with E-state index in [0.717, 1.165) is 13.1 Å². The van der Waals surface area contributed by atoms with Gasteiger partial charge in [0.25, 0.3) is 0 Å². The third-order valence-corrected chi connectivity index (χ3v) is 2.31. The molecule has 0 aromatic rings. The van der Waals surface area contributed by atoms with Gasteiger partial charge in [0.15, 0.2) is 0 Å². The van der Waals surface area contributed by atoms with Crippen molar-refractivity contribution in [1.29, 1.82) is 0 Å². The highest BCUT2D eigenvalue weighted by molar-refractivity contribution is 4.96. The van der Waals surface area contributed by atoms with Gasteiger partial charge >= 0.3 is 0 Å². The molecule has 0 atom stereocenters. The topological polar surface area (TPSA) is 21.3 Å². The van der Waals surface area contributed by atoms with Crippen LogP contribution in [-0.2, 0) is 4.74 Å². The Kier molecular flexibility index (Phi) is 1.78. The average Bonchev–Trinajstić information content (AvgIpc) is 1.62. The predicted molar refractivity (Wildman–Crippen MR) is 37.4 cm³/mol. The molecular weight excluding hydrogens is 114 g/mol. The van der Waals surface area contributed by atoms with E-state index in [1.54, 1.807) is 7.11 Å². The molecule has 1 aliphatic rings. The van der Waals surface area contributed by atoms with Gasteiger partial charge in [0.2, 0.25) is 0 Å². The molecule has 0 unspecified atom stereocenters. The molecule has 0 bridgehead atoms. The molecule has 1 N–H and O–H groups in total. The molecule has 2 nitrogen and oxygen atoms in total. The van der Waals surface area contributed by atoms with Crippen LogP contribution in [0.1, 0.15) is 13.8 Å². The monoisotopic (exact) mass is 129 g/mol. The maximum atomic E-state index is 5.37. The summed E-state index contributed by atoms with van der Waals surface area (Å²) in [6.45, 7) is 6.43. The van der Waals surface area contributed by atoms with E-state index in [-0.39, 0.29) is 5.60 Å². The van der Waals surface area contributed by atoms with Crippen molar-refractivity contribution in [2.45, 2.75) is 19.4 Å². The lowest BCUT2D eigenvalue weighted by Gasteiger charge is -2.44. The fourth-order valence-electron chi connectivity index (χ4n) is 1.16. The first kappa shape index (κ1) is 7.03. The zero-order valence-electron chi connectivity index (χ0n) is 6.40. The molecule has 0 spiro atoms. The van der Waals surface area contributed by atoms with Gasteiger partial charge in [-0.25, -0.2) is 0 Å². The van der Waals surface area contributed by atoms with Crippen molar-refractivity contribution >= 4 is 0 Å². The van der Waals surface area contributed by atoms with Crippen LogP contribution in [0.5, 0.6) is 0 Å². The van der Waals surface area contributed by atoms with Crippen LogP contribution in [0.2, 0.25) is 0 Å². The molecule has 1 fully saturated rings. The Morgan fingerprint density at radius 1 is 1.44 bits per heavy atom. The molecule has 9 heavy (non-hydrogen) atoms. The van der Waals surface area contributed by atoms with Crippen molar-refractivity contribution in [2.24, 2.45) is 5.92 Å². The lowest BCUT2D eigenvalue weighted by Crippen LogP contribution is -2.63. The molecular formula is C7H15NO. The molecule has 0 saturated carbocycles. The summed E-state index contributed by atoms with van der Waals surface area (Å²) in [4.78, 5) is 0. The van der Waals surface area contributed by atoms with Crippen molar-refractivity contribution in [1.82, 2.24) is 5.32 Å². The molecule has 2 heteroatoms. The van der Waals surface area contributed by atoms with Crippen LogP contribution in [0.25, 0.3) is 0 Å². The number of nitrogens with one attached hydrogen (secondary N) is 1. The quantitative estimate of drug-likeness (QED) is 0.590. The van der Waals surface area contributed by atoms with Gasteiger partial charge in [0.1, 0.15) is 0 Å². The molecule has 1 heterocycles. The third kappa shape index (κ3) is 0.970. The van der Waals surface area contributed by atoms with E-state index in [2.05, 4.69) is 19.2 Å². The second-order valence-corrected chi connectivity index (χ2v) is 3.03. The Morgan fingerprint density at radius 3 is 2.00 bits per heavy atom. The van der Waals surface area contributed by atoms with E-state index >= 15 is 0 Å². The highest BCUT2D eigenvalue weighted by Gasteiger charge is 2.39. The minimum absolute atomic E-state index is 0.153. The van der Waals surface area contributed by atoms with Crippen molar-refractivity contribution < 1.29 is 4.74 Å². The van der Waals surface area contributed by atoms with Gasteiger partial charge in [-0.1, -0.05) is 13.8 Å². The number of hydrogen-bond acceptors (Lipinski definition) is 2. The first-order valence-corrected chi connectivity index (χ1v) is 3.47. The van der Waals surface area contributed by atoms with Crippen LogP contribution in [0.3, 0.4) is 0 Å². The van der Waals surface area contributed by atoms with Gasteiger partial charge in [-0.05, 0) is 5.92 Å². The Bertz CT molecular complexity index is 91.6. The highest BCUT2D eigenvalue weighted by Crippen LogP contribution is 2.24. The lowest BCUT2D eigenvalue weighted by atomic mass is 9.85. The van der Waals surface area contributed by atoms with Gasteiger partial charge in [0, 0.05) is 20.2 Å². The summed E-state index contributed by atoms with van der Waals surface area (Å²) in [7, 11) is 1.79. The molecule has 0 radical (unpaired) electrons. The van der Waals surface area contributed by atoms with Gasteiger partial charge in [-0.15, -0.1) is 0 Å². The van der Waals surface area contributed by atoms with Crippen LogP contribution in [0, 0.1) is 5.92 Å². The number of methoxy groups -OCH3 is 1. The number of hydrogen-bond donors (Lipinski definition) is 1. The fourth-order valence-corrected chi connectivity index (χ4v) is 1.16. The standard InChI is InChI=1S/C7H15NO/c1-6(2)7(9-3)4-8-5-7/h6,8H,4-5H2,1-3H3. The summed E-state index contributed by atoms with van der Waals surface area (Å²) in [5.74, 6) is 0.628. The Labute approximate surface area is 56.6 Å². The molecule has 1 aliphatic heterocycles. The van der Waals surface area contributed by atoms with Crippen LogP contribution in [0.4, 0.5) is 0 Å². The van der Waals surface area contributed by atoms with Gasteiger partial charge in [-0.2, -0.15) is 0 Å². The van der Waals surface area contributed by atoms with E-state index in [0.29, 0.717) is 5.92 Å². The minimum Gasteiger partial charge on any atom is -0.375 e. The van der Waals surface area contributed by atoms with Gasteiger partial charge in [-0.3, -0.25) is 0 Å². The second kappa shape index (κ2) is 2.27. The number of rotatable bonds is 2. The summed E-state index contributed by atoms with van der Waals surface area (Å²) in [5.41, 5.74) is 0.153. The van der Waals surface area contributed by atoms with E-state index in [4.69, 9.17) is 4.74 Å². The Balaban J connectivity index is 2.46. The van der Waals surface area contributed by atoms with Crippen LogP contribution < -0.4 is 5.32 Å². The number of ether oxygens (including phenoxy) is 1. The maximum absolute atomic E-state index is 5.37. The fraction of sp³-hybridized carbons (Fsp3) is 1.00. The van der Waals surface area contributed by atoms with Crippen LogP contribution >= 0.6 is 0 Å². The smallest absolute Gasteiger partial charge is 0.0948 e. The summed E-state index contributed by atoms with van der Waals surface area (Å²) >= 11 is 0. The predicted octanol–water partition coefficient (Wildman–Crippen LogP) is 0.631. The van der Waals surface area contributed by atoms with Crippen molar-refractivity contribution in [3.63, 3.8) is 0 Å².